The van der Waals surface area contributed by atoms with Gasteiger partial charge in [0.25, 0.3) is 0 Å². The van der Waals surface area contributed by atoms with Gasteiger partial charge < -0.3 is 15.4 Å². The van der Waals surface area contributed by atoms with Crippen molar-refractivity contribution in [1.82, 2.24) is 0 Å². The highest BCUT2D eigenvalue weighted by molar-refractivity contribution is 5.55. The summed E-state index contributed by atoms with van der Waals surface area (Å²) in [5.74, 6) is 0. The van der Waals surface area contributed by atoms with Gasteiger partial charge in [-0.1, -0.05) is 25.1 Å². The van der Waals surface area contributed by atoms with E-state index in [0.717, 1.165) is 26.1 Å². The molecule has 0 radical (unpaired) electrons. The van der Waals surface area contributed by atoms with Crippen LogP contribution in [0.4, 0.5) is 5.69 Å². The Balaban J connectivity index is 2.16. The van der Waals surface area contributed by atoms with Gasteiger partial charge in [-0.3, -0.25) is 0 Å². The molecular weight excluding hydrogens is 236 g/mol. The monoisotopic (exact) mass is 262 g/mol. The molecule has 1 aromatic rings. The zero-order valence-electron chi connectivity index (χ0n) is 12.1. The SMILES string of the molecule is CCOC1CCCN(c2ccccc2C(N)CC)C1. The fourth-order valence-corrected chi connectivity index (χ4v) is 2.84. The first-order chi connectivity index (χ1) is 9.26. The third-order valence-corrected chi connectivity index (χ3v) is 3.90. The van der Waals surface area contributed by atoms with Crippen molar-refractivity contribution in [2.24, 2.45) is 5.73 Å². The first-order valence-corrected chi connectivity index (χ1v) is 7.47. The van der Waals surface area contributed by atoms with Gasteiger partial charge >= 0.3 is 0 Å². The number of rotatable bonds is 5. The third kappa shape index (κ3) is 3.48. The van der Waals surface area contributed by atoms with Crippen LogP contribution in [-0.4, -0.2) is 25.8 Å². The molecule has 106 valence electrons. The summed E-state index contributed by atoms with van der Waals surface area (Å²) in [6, 6.07) is 8.67. The molecule has 0 saturated carbocycles. The summed E-state index contributed by atoms with van der Waals surface area (Å²) in [6.07, 6.45) is 3.71. The first kappa shape index (κ1) is 14.4. The van der Waals surface area contributed by atoms with Gasteiger partial charge in [-0.2, -0.15) is 0 Å². The number of nitrogens with zero attached hydrogens (tertiary/aromatic N) is 1. The topological polar surface area (TPSA) is 38.5 Å². The standard InChI is InChI=1S/C16H26N2O/c1-3-15(17)14-9-5-6-10-16(14)18-11-7-8-13(12-18)19-4-2/h5-6,9-10,13,15H,3-4,7-8,11-12,17H2,1-2H3. The van der Waals surface area contributed by atoms with Crippen molar-refractivity contribution in [3.05, 3.63) is 29.8 Å². The summed E-state index contributed by atoms with van der Waals surface area (Å²) >= 11 is 0. The molecule has 0 aromatic heterocycles. The first-order valence-electron chi connectivity index (χ1n) is 7.47. The number of hydrogen-bond donors (Lipinski definition) is 1. The second kappa shape index (κ2) is 6.92. The third-order valence-electron chi connectivity index (χ3n) is 3.90. The largest absolute Gasteiger partial charge is 0.377 e. The summed E-state index contributed by atoms with van der Waals surface area (Å²) in [7, 11) is 0. The fourth-order valence-electron chi connectivity index (χ4n) is 2.84. The Bertz CT molecular complexity index is 392. The molecule has 1 aliphatic heterocycles. The van der Waals surface area contributed by atoms with Crippen molar-refractivity contribution in [2.45, 2.75) is 45.3 Å². The fraction of sp³-hybridized carbons (Fsp3) is 0.625. The Morgan fingerprint density at radius 1 is 1.37 bits per heavy atom. The van der Waals surface area contributed by atoms with E-state index in [-0.39, 0.29) is 6.04 Å². The predicted octanol–water partition coefficient (Wildman–Crippen LogP) is 3.10. The Kier molecular flexibility index (Phi) is 5.23. The van der Waals surface area contributed by atoms with E-state index in [2.05, 4.69) is 43.0 Å². The van der Waals surface area contributed by atoms with Crippen LogP contribution < -0.4 is 10.6 Å². The maximum atomic E-state index is 6.24. The van der Waals surface area contributed by atoms with Gasteiger partial charge in [-0.25, -0.2) is 0 Å². The van der Waals surface area contributed by atoms with Crippen molar-refractivity contribution >= 4 is 5.69 Å². The molecular formula is C16H26N2O. The zero-order valence-corrected chi connectivity index (χ0v) is 12.1. The van der Waals surface area contributed by atoms with E-state index in [1.165, 1.54) is 24.1 Å². The maximum absolute atomic E-state index is 6.24. The van der Waals surface area contributed by atoms with Gasteiger partial charge in [0.15, 0.2) is 0 Å². The number of benzene rings is 1. The summed E-state index contributed by atoms with van der Waals surface area (Å²) in [4.78, 5) is 2.44. The number of piperidine rings is 1. The van der Waals surface area contributed by atoms with Crippen LogP contribution in [0.25, 0.3) is 0 Å². The lowest BCUT2D eigenvalue weighted by Gasteiger charge is -2.36. The Morgan fingerprint density at radius 3 is 2.89 bits per heavy atom. The van der Waals surface area contributed by atoms with Crippen molar-refractivity contribution in [1.29, 1.82) is 0 Å². The molecule has 2 atom stereocenters. The van der Waals surface area contributed by atoms with Crippen molar-refractivity contribution in [3.8, 4) is 0 Å². The molecule has 0 amide bonds. The molecule has 1 saturated heterocycles. The van der Waals surface area contributed by atoms with Gasteiger partial charge in [0.05, 0.1) is 6.10 Å². The Labute approximate surface area is 116 Å². The lowest BCUT2D eigenvalue weighted by atomic mass is 10.00. The second-order valence-corrected chi connectivity index (χ2v) is 5.24. The molecule has 1 fully saturated rings. The number of anilines is 1. The van der Waals surface area contributed by atoms with Gasteiger partial charge in [0.2, 0.25) is 0 Å². The summed E-state index contributed by atoms with van der Waals surface area (Å²) in [5, 5.41) is 0. The summed E-state index contributed by atoms with van der Waals surface area (Å²) in [5.41, 5.74) is 8.80. The lowest BCUT2D eigenvalue weighted by molar-refractivity contribution is 0.0526. The molecule has 2 unspecified atom stereocenters. The van der Waals surface area contributed by atoms with Crippen LogP contribution in [0.5, 0.6) is 0 Å². The number of ether oxygens (including phenoxy) is 1. The van der Waals surface area contributed by atoms with E-state index in [1.807, 2.05) is 0 Å². The molecule has 1 heterocycles. The molecule has 0 spiro atoms. The normalized spacial score (nSPS) is 21.4. The highest BCUT2D eigenvalue weighted by atomic mass is 16.5. The smallest absolute Gasteiger partial charge is 0.0750 e. The van der Waals surface area contributed by atoms with E-state index in [1.54, 1.807) is 0 Å². The van der Waals surface area contributed by atoms with Crippen molar-refractivity contribution in [3.63, 3.8) is 0 Å². The number of hydrogen-bond acceptors (Lipinski definition) is 3. The molecule has 2 rings (SSSR count). The van der Waals surface area contributed by atoms with E-state index >= 15 is 0 Å². The van der Waals surface area contributed by atoms with Gasteiger partial charge in [-0.05, 0) is 37.8 Å². The molecule has 0 aliphatic carbocycles. The van der Waals surface area contributed by atoms with Crippen LogP contribution in [0, 0.1) is 0 Å². The highest BCUT2D eigenvalue weighted by Gasteiger charge is 2.22. The van der Waals surface area contributed by atoms with Gasteiger partial charge in [0, 0.05) is 31.4 Å². The van der Waals surface area contributed by atoms with Crippen molar-refractivity contribution in [2.75, 3.05) is 24.6 Å². The summed E-state index contributed by atoms with van der Waals surface area (Å²) in [6.45, 7) is 7.10. The van der Waals surface area contributed by atoms with Crippen LogP contribution in [0.15, 0.2) is 24.3 Å². The maximum Gasteiger partial charge on any atom is 0.0750 e. The number of nitrogens with two attached hydrogens (primary N) is 1. The number of para-hydroxylation sites is 1. The molecule has 19 heavy (non-hydrogen) atoms. The van der Waals surface area contributed by atoms with Gasteiger partial charge in [-0.15, -0.1) is 0 Å². The summed E-state index contributed by atoms with van der Waals surface area (Å²) < 4.78 is 5.79. The molecule has 1 aliphatic rings. The average Bonchev–Trinajstić information content (AvgIpc) is 2.47. The molecule has 0 bridgehead atoms. The molecule has 3 nitrogen and oxygen atoms in total. The van der Waals surface area contributed by atoms with Crippen LogP contribution in [-0.2, 0) is 4.74 Å². The molecule has 2 N–H and O–H groups in total. The zero-order chi connectivity index (χ0) is 13.7. The Morgan fingerprint density at radius 2 is 2.16 bits per heavy atom. The van der Waals surface area contributed by atoms with Gasteiger partial charge in [0.1, 0.15) is 0 Å². The van der Waals surface area contributed by atoms with Crippen LogP contribution in [0.2, 0.25) is 0 Å². The molecule has 3 heteroatoms. The van der Waals surface area contributed by atoms with E-state index < -0.39 is 0 Å². The van der Waals surface area contributed by atoms with Crippen LogP contribution >= 0.6 is 0 Å². The van der Waals surface area contributed by atoms with E-state index in [4.69, 9.17) is 10.5 Å². The second-order valence-electron chi connectivity index (χ2n) is 5.24. The Hall–Kier alpha value is -1.06. The minimum atomic E-state index is 0.128. The minimum Gasteiger partial charge on any atom is -0.377 e. The lowest BCUT2D eigenvalue weighted by Crippen LogP contribution is -2.40. The average molecular weight is 262 g/mol. The van der Waals surface area contributed by atoms with E-state index in [9.17, 15) is 0 Å². The van der Waals surface area contributed by atoms with Crippen molar-refractivity contribution < 1.29 is 4.74 Å². The predicted molar refractivity (Wildman–Crippen MR) is 80.5 cm³/mol. The van der Waals surface area contributed by atoms with Crippen LogP contribution in [0.1, 0.15) is 44.7 Å². The van der Waals surface area contributed by atoms with E-state index in [0.29, 0.717) is 6.10 Å². The highest BCUT2D eigenvalue weighted by Crippen LogP contribution is 2.29. The molecule has 1 aromatic carbocycles. The quantitative estimate of drug-likeness (QED) is 0.886. The van der Waals surface area contributed by atoms with Crippen LogP contribution in [0.3, 0.4) is 0 Å². The minimum absolute atomic E-state index is 0.128.